The number of benzene rings is 3. The van der Waals surface area contributed by atoms with Gasteiger partial charge < -0.3 is 25.8 Å². The van der Waals surface area contributed by atoms with E-state index in [1.54, 1.807) is 50.4 Å². The summed E-state index contributed by atoms with van der Waals surface area (Å²) in [6.45, 7) is 5.69. The van der Waals surface area contributed by atoms with E-state index in [4.69, 9.17) is 15.2 Å². The zero-order valence-electron chi connectivity index (χ0n) is 18.8. The number of methoxy groups -OCH3 is 2. The molecule has 0 aliphatic rings. The second-order valence-electron chi connectivity index (χ2n) is 7.44. The van der Waals surface area contributed by atoms with Crippen LogP contribution in [0, 0.1) is 20.8 Å². The Labute approximate surface area is 187 Å². The predicted molar refractivity (Wildman–Crippen MR) is 127 cm³/mol. The van der Waals surface area contributed by atoms with Gasteiger partial charge in [-0.1, -0.05) is 6.07 Å². The zero-order valence-corrected chi connectivity index (χ0v) is 18.8. The molecule has 0 bridgehead atoms. The molecule has 7 heteroatoms. The number of hydrogen-bond donors (Lipinski definition) is 3. The van der Waals surface area contributed by atoms with Crippen molar-refractivity contribution in [2.24, 2.45) is 0 Å². The second-order valence-corrected chi connectivity index (χ2v) is 7.44. The Bertz CT molecular complexity index is 1170. The molecule has 0 aromatic heterocycles. The average molecular weight is 434 g/mol. The lowest BCUT2D eigenvalue weighted by molar-refractivity contribution is 0.101. The minimum Gasteiger partial charge on any atom is -0.494 e. The van der Waals surface area contributed by atoms with Gasteiger partial charge in [0.1, 0.15) is 11.5 Å². The number of nitrogens with two attached hydrogens (primary N) is 1. The quantitative estimate of drug-likeness (QED) is 0.488. The maximum atomic E-state index is 13.0. The van der Waals surface area contributed by atoms with Crippen LogP contribution < -0.4 is 25.8 Å². The van der Waals surface area contributed by atoms with Gasteiger partial charge in [0.25, 0.3) is 11.8 Å². The smallest absolute Gasteiger partial charge is 0.256 e. The van der Waals surface area contributed by atoms with Crippen LogP contribution in [-0.4, -0.2) is 26.0 Å². The Kier molecular flexibility index (Phi) is 6.68. The van der Waals surface area contributed by atoms with Gasteiger partial charge in [-0.2, -0.15) is 0 Å². The van der Waals surface area contributed by atoms with E-state index in [1.165, 1.54) is 7.11 Å². The van der Waals surface area contributed by atoms with Crippen LogP contribution in [0.15, 0.2) is 48.5 Å². The molecule has 0 unspecified atom stereocenters. The van der Waals surface area contributed by atoms with Crippen molar-refractivity contribution in [1.82, 2.24) is 0 Å². The molecular formula is C25H27N3O4. The first-order chi connectivity index (χ1) is 15.3. The van der Waals surface area contributed by atoms with Crippen LogP contribution in [-0.2, 0) is 0 Å². The Balaban J connectivity index is 1.88. The van der Waals surface area contributed by atoms with Gasteiger partial charge in [0, 0.05) is 22.4 Å². The number of nitrogens with one attached hydrogen (secondary N) is 2. The summed E-state index contributed by atoms with van der Waals surface area (Å²) in [6, 6.07) is 13.6. The normalized spacial score (nSPS) is 10.4. The van der Waals surface area contributed by atoms with Gasteiger partial charge in [-0.3, -0.25) is 9.59 Å². The maximum absolute atomic E-state index is 13.0. The fourth-order valence-electron chi connectivity index (χ4n) is 3.47. The van der Waals surface area contributed by atoms with Gasteiger partial charge in [0.2, 0.25) is 0 Å². The number of aryl methyl sites for hydroxylation is 1. The van der Waals surface area contributed by atoms with Crippen molar-refractivity contribution in [2.45, 2.75) is 20.8 Å². The van der Waals surface area contributed by atoms with Gasteiger partial charge in [-0.15, -0.1) is 0 Å². The highest BCUT2D eigenvalue weighted by molar-refractivity contribution is 6.09. The molecule has 4 N–H and O–H groups in total. The van der Waals surface area contributed by atoms with Gasteiger partial charge in [0.15, 0.2) is 0 Å². The van der Waals surface area contributed by atoms with E-state index < -0.39 is 0 Å². The Morgan fingerprint density at radius 2 is 1.25 bits per heavy atom. The average Bonchev–Trinajstić information content (AvgIpc) is 2.77. The van der Waals surface area contributed by atoms with E-state index >= 15 is 0 Å². The number of rotatable bonds is 6. The monoisotopic (exact) mass is 433 g/mol. The van der Waals surface area contributed by atoms with Crippen molar-refractivity contribution >= 4 is 28.9 Å². The third kappa shape index (κ3) is 4.51. The van der Waals surface area contributed by atoms with Crippen LogP contribution in [0.5, 0.6) is 11.5 Å². The molecule has 0 aliphatic carbocycles. The molecule has 0 spiro atoms. The van der Waals surface area contributed by atoms with E-state index in [2.05, 4.69) is 10.6 Å². The summed E-state index contributed by atoms with van der Waals surface area (Å²) < 4.78 is 11.0. The molecule has 0 saturated carbocycles. The van der Waals surface area contributed by atoms with E-state index in [0.717, 1.165) is 11.1 Å². The summed E-state index contributed by atoms with van der Waals surface area (Å²) in [7, 11) is 3.07. The van der Waals surface area contributed by atoms with E-state index in [1.807, 2.05) is 26.0 Å². The highest BCUT2D eigenvalue weighted by Crippen LogP contribution is 2.34. The summed E-state index contributed by atoms with van der Waals surface area (Å²) in [6.07, 6.45) is 0. The highest BCUT2D eigenvalue weighted by Gasteiger charge is 2.19. The molecule has 3 rings (SSSR count). The summed E-state index contributed by atoms with van der Waals surface area (Å²) in [5, 5.41) is 5.74. The van der Waals surface area contributed by atoms with Crippen molar-refractivity contribution in [3.63, 3.8) is 0 Å². The SMILES string of the molecule is COc1c(NC(=O)c2ccc(NC(=O)c3ccc(N)cc3)c(OC)c2C)ccc(C)c1C. The number of anilines is 3. The fourth-order valence-corrected chi connectivity index (χ4v) is 3.47. The molecule has 0 fully saturated rings. The number of nitrogen functional groups attached to an aromatic ring is 1. The van der Waals surface area contributed by atoms with E-state index in [-0.39, 0.29) is 11.8 Å². The summed E-state index contributed by atoms with van der Waals surface area (Å²) in [4.78, 5) is 25.6. The van der Waals surface area contributed by atoms with Crippen LogP contribution in [0.4, 0.5) is 17.1 Å². The molecule has 0 atom stereocenters. The minimum absolute atomic E-state index is 0.306. The Morgan fingerprint density at radius 3 is 1.84 bits per heavy atom. The molecule has 2 amide bonds. The number of carbonyl (C=O) groups excluding carboxylic acids is 2. The molecule has 3 aromatic rings. The molecule has 166 valence electrons. The van der Waals surface area contributed by atoms with Crippen LogP contribution in [0.25, 0.3) is 0 Å². The molecule has 0 saturated heterocycles. The first-order valence-electron chi connectivity index (χ1n) is 10.1. The summed E-state index contributed by atoms with van der Waals surface area (Å²) in [5.74, 6) is 0.419. The van der Waals surface area contributed by atoms with Crippen LogP contribution in [0.3, 0.4) is 0 Å². The molecular weight excluding hydrogens is 406 g/mol. The van der Waals surface area contributed by atoms with E-state index in [0.29, 0.717) is 45.3 Å². The third-order valence-corrected chi connectivity index (χ3v) is 5.40. The minimum atomic E-state index is -0.307. The molecule has 0 aliphatic heterocycles. The van der Waals surface area contributed by atoms with Gasteiger partial charge in [-0.05, 0) is 74.4 Å². The first-order valence-corrected chi connectivity index (χ1v) is 10.1. The Hall–Kier alpha value is -4.00. The number of carbonyl (C=O) groups is 2. The maximum Gasteiger partial charge on any atom is 0.256 e. The van der Waals surface area contributed by atoms with Crippen molar-refractivity contribution < 1.29 is 19.1 Å². The lowest BCUT2D eigenvalue weighted by atomic mass is 10.0. The van der Waals surface area contributed by atoms with Crippen molar-refractivity contribution in [2.75, 3.05) is 30.6 Å². The third-order valence-electron chi connectivity index (χ3n) is 5.40. The van der Waals surface area contributed by atoms with Crippen LogP contribution in [0.1, 0.15) is 37.4 Å². The summed E-state index contributed by atoms with van der Waals surface area (Å²) in [5.41, 5.74) is 10.8. The zero-order chi connectivity index (χ0) is 23.4. The van der Waals surface area contributed by atoms with Crippen LogP contribution >= 0.6 is 0 Å². The van der Waals surface area contributed by atoms with Gasteiger partial charge in [-0.25, -0.2) is 0 Å². The number of hydrogen-bond acceptors (Lipinski definition) is 5. The van der Waals surface area contributed by atoms with Gasteiger partial charge >= 0.3 is 0 Å². The Morgan fingerprint density at radius 1 is 0.719 bits per heavy atom. The lowest BCUT2D eigenvalue weighted by Crippen LogP contribution is -2.17. The van der Waals surface area contributed by atoms with Gasteiger partial charge in [0.05, 0.1) is 25.6 Å². The molecule has 3 aromatic carbocycles. The molecule has 7 nitrogen and oxygen atoms in total. The number of ether oxygens (including phenoxy) is 2. The largest absolute Gasteiger partial charge is 0.494 e. The van der Waals surface area contributed by atoms with Crippen molar-refractivity contribution in [1.29, 1.82) is 0 Å². The van der Waals surface area contributed by atoms with Crippen molar-refractivity contribution in [3.8, 4) is 11.5 Å². The second kappa shape index (κ2) is 9.43. The van der Waals surface area contributed by atoms with Crippen molar-refractivity contribution in [3.05, 3.63) is 76.3 Å². The number of amides is 2. The summed E-state index contributed by atoms with van der Waals surface area (Å²) >= 11 is 0. The lowest BCUT2D eigenvalue weighted by Gasteiger charge is -2.17. The van der Waals surface area contributed by atoms with E-state index in [9.17, 15) is 9.59 Å². The molecule has 0 radical (unpaired) electrons. The molecule has 0 heterocycles. The highest BCUT2D eigenvalue weighted by atomic mass is 16.5. The fraction of sp³-hybridized carbons (Fsp3) is 0.200. The molecule has 32 heavy (non-hydrogen) atoms. The predicted octanol–water partition coefficient (Wildman–Crippen LogP) is 4.72. The topological polar surface area (TPSA) is 103 Å². The first kappa shape index (κ1) is 22.7. The standard InChI is InChI=1S/C25H27N3O4/c1-14-6-12-20(22(31-4)15(14)2)28-25(30)19-11-13-21(23(32-5)16(19)3)27-24(29)17-7-9-18(26)10-8-17/h6-13H,26H2,1-5H3,(H,27,29)(H,28,30). The van der Waals surface area contributed by atoms with Crippen LogP contribution in [0.2, 0.25) is 0 Å².